The monoisotopic (exact) mass is 174 g/mol. The summed E-state index contributed by atoms with van der Waals surface area (Å²) in [6, 6.07) is 0. The van der Waals surface area contributed by atoms with Crippen molar-refractivity contribution in [3.05, 3.63) is 48.6 Å². The highest BCUT2D eigenvalue weighted by Crippen LogP contribution is 2.35. The molecule has 1 aliphatic carbocycles. The van der Waals surface area contributed by atoms with E-state index in [1.165, 1.54) is 24.0 Å². The van der Waals surface area contributed by atoms with Crippen LogP contribution in [0.4, 0.5) is 0 Å². The maximum absolute atomic E-state index is 4.01. The third kappa shape index (κ3) is 4.51. The van der Waals surface area contributed by atoms with E-state index < -0.39 is 0 Å². The Morgan fingerprint density at radius 1 is 1.31 bits per heavy atom. The van der Waals surface area contributed by atoms with Crippen molar-refractivity contribution in [2.24, 2.45) is 5.92 Å². The second-order valence-electron chi connectivity index (χ2n) is 3.80. The summed E-state index contributed by atoms with van der Waals surface area (Å²) >= 11 is 0. The van der Waals surface area contributed by atoms with Gasteiger partial charge < -0.3 is 0 Å². The quantitative estimate of drug-likeness (QED) is 0.436. The molecule has 0 bridgehead atoms. The summed E-state index contributed by atoms with van der Waals surface area (Å²) in [7, 11) is 0. The average molecular weight is 174 g/mol. The second kappa shape index (κ2) is 4.86. The van der Waals surface area contributed by atoms with Crippen molar-refractivity contribution in [3.63, 3.8) is 0 Å². The minimum absolute atomic E-state index is 0.783. The van der Waals surface area contributed by atoms with Crippen molar-refractivity contribution in [1.82, 2.24) is 0 Å². The van der Waals surface area contributed by atoms with Gasteiger partial charge in [0, 0.05) is 0 Å². The lowest BCUT2D eigenvalue weighted by Gasteiger charge is -1.91. The van der Waals surface area contributed by atoms with Crippen molar-refractivity contribution >= 4 is 0 Å². The van der Waals surface area contributed by atoms with Crippen LogP contribution in [0.1, 0.15) is 26.2 Å². The lowest BCUT2D eigenvalue weighted by atomic mass is 10.2. The first-order chi connectivity index (χ1) is 6.20. The Bertz CT molecular complexity index is 249. The van der Waals surface area contributed by atoms with Crippen molar-refractivity contribution in [1.29, 1.82) is 0 Å². The van der Waals surface area contributed by atoms with Gasteiger partial charge in [0.25, 0.3) is 0 Å². The van der Waals surface area contributed by atoms with Gasteiger partial charge >= 0.3 is 0 Å². The van der Waals surface area contributed by atoms with E-state index in [1.807, 2.05) is 6.92 Å². The molecular formula is C13H18. The molecule has 1 saturated carbocycles. The zero-order chi connectivity index (χ0) is 9.68. The summed E-state index contributed by atoms with van der Waals surface area (Å²) in [5, 5.41) is 0. The largest absolute Gasteiger partial charge is 0.0998 e. The number of allylic oxidation sites excluding steroid dienone is 6. The molecule has 0 heterocycles. The minimum atomic E-state index is 0.783. The molecule has 0 spiro atoms. The van der Waals surface area contributed by atoms with E-state index in [2.05, 4.69) is 37.5 Å². The fraction of sp³-hybridized carbons (Fsp3) is 0.385. The van der Waals surface area contributed by atoms with Gasteiger partial charge in [0.15, 0.2) is 0 Å². The minimum Gasteiger partial charge on any atom is -0.0998 e. The number of hydrogen-bond acceptors (Lipinski definition) is 0. The Hall–Kier alpha value is -1.04. The molecule has 0 amide bonds. The van der Waals surface area contributed by atoms with Crippen LogP contribution in [-0.2, 0) is 0 Å². The predicted molar refractivity (Wildman–Crippen MR) is 59.6 cm³/mol. The van der Waals surface area contributed by atoms with E-state index in [4.69, 9.17) is 0 Å². The summed E-state index contributed by atoms with van der Waals surface area (Å²) in [5.74, 6) is 0.783. The molecule has 13 heavy (non-hydrogen) atoms. The van der Waals surface area contributed by atoms with Crippen molar-refractivity contribution in [2.75, 3.05) is 0 Å². The van der Waals surface area contributed by atoms with Gasteiger partial charge in [-0.3, -0.25) is 0 Å². The van der Waals surface area contributed by atoms with Crippen LogP contribution in [0.25, 0.3) is 0 Å². The Kier molecular flexibility index (Phi) is 3.75. The van der Waals surface area contributed by atoms with E-state index in [1.54, 1.807) is 0 Å². The van der Waals surface area contributed by atoms with E-state index in [0.29, 0.717) is 0 Å². The molecule has 1 aliphatic rings. The molecule has 0 unspecified atom stereocenters. The first-order valence-corrected chi connectivity index (χ1v) is 4.86. The molecule has 0 N–H and O–H groups in total. The molecule has 0 nitrogen and oxygen atoms in total. The lowest BCUT2D eigenvalue weighted by molar-refractivity contribution is 1.06. The van der Waals surface area contributed by atoms with Crippen molar-refractivity contribution in [3.8, 4) is 0 Å². The summed E-state index contributed by atoms with van der Waals surface area (Å²) in [5.41, 5.74) is 2.48. The topological polar surface area (TPSA) is 0 Å². The zero-order valence-corrected chi connectivity index (χ0v) is 8.42. The molecule has 1 fully saturated rings. The molecule has 0 heteroatoms. The number of hydrogen-bond donors (Lipinski definition) is 0. The van der Waals surface area contributed by atoms with Crippen LogP contribution in [0.2, 0.25) is 0 Å². The van der Waals surface area contributed by atoms with Crippen molar-refractivity contribution < 1.29 is 0 Å². The summed E-state index contributed by atoms with van der Waals surface area (Å²) < 4.78 is 0. The standard InChI is InChI=1S/C13H18/c1-11(2)7-5-4-6-8-12(3)13-9-10-13/h4-6,8,13H,1,3,7,9-10H2,2H3/b5-4-,8-6-. The normalized spacial score (nSPS) is 17.0. The fourth-order valence-corrected chi connectivity index (χ4v) is 1.12. The van der Waals surface area contributed by atoms with Crippen LogP contribution in [0, 0.1) is 5.92 Å². The predicted octanol–water partition coefficient (Wildman–Crippen LogP) is 4.03. The second-order valence-corrected chi connectivity index (χ2v) is 3.80. The first-order valence-electron chi connectivity index (χ1n) is 4.86. The van der Waals surface area contributed by atoms with E-state index >= 15 is 0 Å². The van der Waals surface area contributed by atoms with E-state index in [-0.39, 0.29) is 0 Å². The van der Waals surface area contributed by atoms with E-state index in [9.17, 15) is 0 Å². The van der Waals surface area contributed by atoms with Crippen molar-refractivity contribution in [2.45, 2.75) is 26.2 Å². The van der Waals surface area contributed by atoms with Gasteiger partial charge in [-0.05, 0) is 32.1 Å². The summed E-state index contributed by atoms with van der Waals surface area (Å²) in [4.78, 5) is 0. The third-order valence-electron chi connectivity index (χ3n) is 2.13. The van der Waals surface area contributed by atoms with Gasteiger partial charge in [0.1, 0.15) is 0 Å². The van der Waals surface area contributed by atoms with Gasteiger partial charge in [0.2, 0.25) is 0 Å². The summed E-state index contributed by atoms with van der Waals surface area (Å²) in [6.07, 6.45) is 12.0. The molecule has 0 saturated heterocycles. The Labute approximate surface area is 81.4 Å². The van der Waals surface area contributed by atoms with Crippen LogP contribution in [0.5, 0.6) is 0 Å². The lowest BCUT2D eigenvalue weighted by Crippen LogP contribution is -1.74. The van der Waals surface area contributed by atoms with Gasteiger partial charge in [0.05, 0.1) is 0 Å². The van der Waals surface area contributed by atoms with Crippen LogP contribution < -0.4 is 0 Å². The molecule has 0 aromatic carbocycles. The first kappa shape index (κ1) is 10.0. The fourth-order valence-electron chi connectivity index (χ4n) is 1.12. The highest BCUT2D eigenvalue weighted by atomic mass is 14.3. The van der Waals surface area contributed by atoms with Gasteiger partial charge in [-0.2, -0.15) is 0 Å². The highest BCUT2D eigenvalue weighted by Gasteiger charge is 2.22. The SMILES string of the molecule is C=C(C)C/C=C\C=C/C(=C)C1CC1. The Morgan fingerprint density at radius 2 is 2.00 bits per heavy atom. The molecule has 0 aromatic heterocycles. The van der Waals surface area contributed by atoms with Crippen LogP contribution in [-0.4, -0.2) is 0 Å². The van der Waals surface area contributed by atoms with E-state index in [0.717, 1.165) is 12.3 Å². The number of rotatable bonds is 5. The molecule has 0 atom stereocenters. The van der Waals surface area contributed by atoms with Gasteiger partial charge in [-0.1, -0.05) is 48.6 Å². The Morgan fingerprint density at radius 3 is 2.54 bits per heavy atom. The maximum atomic E-state index is 4.01. The molecule has 70 valence electrons. The smallest absolute Gasteiger partial charge is 0.0141 e. The highest BCUT2D eigenvalue weighted by molar-refractivity contribution is 5.24. The third-order valence-corrected chi connectivity index (χ3v) is 2.13. The van der Waals surface area contributed by atoms with Gasteiger partial charge in [-0.15, -0.1) is 0 Å². The van der Waals surface area contributed by atoms with Crippen LogP contribution >= 0.6 is 0 Å². The molecule has 1 rings (SSSR count). The average Bonchev–Trinajstić information content (AvgIpc) is 2.85. The molecule has 0 aromatic rings. The Balaban J connectivity index is 2.19. The molecular weight excluding hydrogens is 156 g/mol. The van der Waals surface area contributed by atoms with Crippen LogP contribution in [0.3, 0.4) is 0 Å². The van der Waals surface area contributed by atoms with Gasteiger partial charge in [-0.25, -0.2) is 0 Å². The summed E-state index contributed by atoms with van der Waals surface area (Å²) in [6.45, 7) is 9.88. The molecule has 0 aliphatic heterocycles. The maximum Gasteiger partial charge on any atom is -0.0141 e. The zero-order valence-electron chi connectivity index (χ0n) is 8.42. The molecule has 0 radical (unpaired) electrons. The van der Waals surface area contributed by atoms with Crippen LogP contribution in [0.15, 0.2) is 48.6 Å².